The summed E-state index contributed by atoms with van der Waals surface area (Å²) in [7, 11) is 5.07. The second kappa shape index (κ2) is 9.37. The van der Waals surface area contributed by atoms with Gasteiger partial charge >= 0.3 is 5.69 Å². The molecule has 1 fully saturated rings. The van der Waals surface area contributed by atoms with Gasteiger partial charge in [-0.15, -0.1) is 0 Å². The minimum atomic E-state index is -0.454. The molecule has 10 heteroatoms. The van der Waals surface area contributed by atoms with E-state index in [-0.39, 0.29) is 24.0 Å². The van der Waals surface area contributed by atoms with Crippen LogP contribution in [0.15, 0.2) is 47.3 Å². The first-order valence-electron chi connectivity index (χ1n) is 10.7. The van der Waals surface area contributed by atoms with Crippen molar-refractivity contribution in [2.45, 2.75) is 6.04 Å². The Bertz CT molecular complexity index is 1200. The van der Waals surface area contributed by atoms with Gasteiger partial charge in [-0.2, -0.15) is 0 Å². The molecule has 174 valence electrons. The van der Waals surface area contributed by atoms with E-state index in [0.29, 0.717) is 36.4 Å². The molecule has 33 heavy (non-hydrogen) atoms. The molecule has 1 aliphatic heterocycles. The first kappa shape index (κ1) is 22.4. The fourth-order valence-electron chi connectivity index (χ4n) is 4.06. The summed E-state index contributed by atoms with van der Waals surface area (Å²) in [6.45, 7) is 1.82. The van der Waals surface area contributed by atoms with Crippen molar-refractivity contribution in [3.05, 3.63) is 52.9 Å². The molecule has 1 aliphatic rings. The Morgan fingerprint density at radius 2 is 1.82 bits per heavy atom. The van der Waals surface area contributed by atoms with Crippen molar-refractivity contribution in [1.29, 1.82) is 0 Å². The molecule has 0 aliphatic carbocycles. The van der Waals surface area contributed by atoms with Gasteiger partial charge in [0, 0.05) is 45.1 Å². The number of carbonyl (C=O) groups is 2. The number of likely N-dealkylation sites (N-methyl/N-ethyl adjacent to an activating group) is 1. The second-order valence-electron chi connectivity index (χ2n) is 8.25. The molecule has 1 saturated heterocycles. The Morgan fingerprint density at radius 1 is 1.09 bits per heavy atom. The first-order valence-corrected chi connectivity index (χ1v) is 10.7. The van der Waals surface area contributed by atoms with Crippen LogP contribution in [0.4, 0.5) is 11.4 Å². The zero-order chi connectivity index (χ0) is 23.5. The van der Waals surface area contributed by atoms with Gasteiger partial charge in [0.15, 0.2) is 0 Å². The number of aromatic amines is 2. The van der Waals surface area contributed by atoms with Gasteiger partial charge in [0.05, 0.1) is 24.7 Å². The molecule has 3 aromatic rings. The van der Waals surface area contributed by atoms with Crippen LogP contribution in [0.3, 0.4) is 0 Å². The number of amides is 2. The Labute approximate surface area is 191 Å². The van der Waals surface area contributed by atoms with Crippen molar-refractivity contribution in [2.75, 3.05) is 57.6 Å². The van der Waals surface area contributed by atoms with Gasteiger partial charge in [-0.1, -0.05) is 0 Å². The van der Waals surface area contributed by atoms with Crippen molar-refractivity contribution < 1.29 is 14.3 Å². The average Bonchev–Trinajstić information content (AvgIpc) is 3.18. The number of rotatable bonds is 6. The molecule has 4 rings (SSSR count). The summed E-state index contributed by atoms with van der Waals surface area (Å²) in [6.07, 6.45) is 0. The second-order valence-corrected chi connectivity index (χ2v) is 8.25. The summed E-state index contributed by atoms with van der Waals surface area (Å²) < 4.78 is 5.23. The maximum Gasteiger partial charge on any atom is 0.323 e. The van der Waals surface area contributed by atoms with Crippen LogP contribution < -0.4 is 20.6 Å². The molecule has 0 radical (unpaired) electrons. The summed E-state index contributed by atoms with van der Waals surface area (Å²) in [5.41, 5.74) is 2.57. The van der Waals surface area contributed by atoms with E-state index in [1.807, 2.05) is 29.2 Å². The fourth-order valence-corrected chi connectivity index (χ4v) is 4.06. The van der Waals surface area contributed by atoms with Gasteiger partial charge in [-0.05, 0) is 42.5 Å². The monoisotopic (exact) mass is 452 g/mol. The number of fused-ring (bicyclic) bond motifs is 1. The summed E-state index contributed by atoms with van der Waals surface area (Å²) >= 11 is 0. The van der Waals surface area contributed by atoms with Crippen molar-refractivity contribution in [2.24, 2.45) is 0 Å². The third-order valence-corrected chi connectivity index (χ3v) is 5.80. The van der Waals surface area contributed by atoms with E-state index in [0.717, 1.165) is 11.4 Å². The number of piperazine rings is 1. The van der Waals surface area contributed by atoms with Crippen LogP contribution in [0.2, 0.25) is 0 Å². The van der Waals surface area contributed by atoms with Crippen LogP contribution >= 0.6 is 0 Å². The largest absolute Gasteiger partial charge is 0.497 e. The number of aromatic nitrogens is 2. The van der Waals surface area contributed by atoms with Crippen molar-refractivity contribution in [3.63, 3.8) is 0 Å². The van der Waals surface area contributed by atoms with Crippen LogP contribution in [0.5, 0.6) is 5.75 Å². The lowest BCUT2D eigenvalue weighted by atomic mass is 10.1. The Hall–Kier alpha value is -3.79. The number of nitrogens with one attached hydrogen (secondary N) is 3. The van der Waals surface area contributed by atoms with E-state index in [1.165, 1.54) is 0 Å². The van der Waals surface area contributed by atoms with Crippen LogP contribution in [0, 0.1) is 0 Å². The zero-order valence-corrected chi connectivity index (χ0v) is 18.9. The highest BCUT2D eigenvalue weighted by Crippen LogP contribution is 2.23. The lowest BCUT2D eigenvalue weighted by Crippen LogP contribution is -2.60. The molecular formula is C23H28N6O4. The number of nitrogens with zero attached hydrogens (tertiary/aromatic N) is 3. The van der Waals surface area contributed by atoms with Crippen LogP contribution in [0.1, 0.15) is 0 Å². The normalized spacial score (nSPS) is 16.6. The summed E-state index contributed by atoms with van der Waals surface area (Å²) in [5, 5.41) is 2.87. The average molecular weight is 453 g/mol. The number of H-pyrrole nitrogens is 2. The smallest absolute Gasteiger partial charge is 0.323 e. The summed E-state index contributed by atoms with van der Waals surface area (Å²) in [4.78, 5) is 48.2. The molecule has 1 atom stereocenters. The first-order chi connectivity index (χ1) is 15.8. The van der Waals surface area contributed by atoms with Gasteiger partial charge in [0.2, 0.25) is 11.8 Å². The molecule has 1 aromatic heterocycles. The van der Waals surface area contributed by atoms with E-state index in [4.69, 9.17) is 4.74 Å². The standard InChI is InChI=1S/C23H28N6O4/c1-27(2)22(31)20-13-28(16-5-7-17(33-3)8-6-16)10-11-29(20)14-21(30)24-15-4-9-18-19(12-15)26-23(32)25-18/h4-9,12,20H,10-11,13-14H2,1-3H3,(H,24,30)(H2,25,26,32). The van der Waals surface area contributed by atoms with Gasteiger partial charge in [0.1, 0.15) is 11.8 Å². The lowest BCUT2D eigenvalue weighted by Gasteiger charge is -2.42. The maximum atomic E-state index is 12.9. The molecule has 0 bridgehead atoms. The van der Waals surface area contributed by atoms with E-state index in [9.17, 15) is 14.4 Å². The highest BCUT2D eigenvalue weighted by atomic mass is 16.5. The molecule has 0 spiro atoms. The number of carbonyl (C=O) groups excluding carboxylic acids is 2. The number of anilines is 2. The van der Waals surface area contributed by atoms with E-state index < -0.39 is 6.04 Å². The van der Waals surface area contributed by atoms with Gasteiger partial charge in [0.25, 0.3) is 0 Å². The summed E-state index contributed by atoms with van der Waals surface area (Å²) in [5.74, 6) is 0.505. The Morgan fingerprint density at radius 3 is 2.52 bits per heavy atom. The SMILES string of the molecule is COc1ccc(N2CCN(CC(=O)Nc3ccc4[nH]c(=O)[nH]c4c3)C(C(=O)N(C)C)C2)cc1. The minimum Gasteiger partial charge on any atom is -0.497 e. The van der Waals surface area contributed by atoms with Crippen molar-refractivity contribution in [3.8, 4) is 5.75 Å². The fraction of sp³-hybridized carbons (Fsp3) is 0.348. The number of imidazole rings is 1. The van der Waals surface area contributed by atoms with E-state index in [2.05, 4.69) is 20.2 Å². The Kier molecular flexibility index (Phi) is 6.36. The lowest BCUT2D eigenvalue weighted by molar-refractivity contribution is -0.135. The van der Waals surface area contributed by atoms with E-state index >= 15 is 0 Å². The highest BCUT2D eigenvalue weighted by molar-refractivity contribution is 5.94. The number of benzene rings is 2. The number of hydrogen-bond donors (Lipinski definition) is 3. The summed E-state index contributed by atoms with van der Waals surface area (Å²) in [6, 6.07) is 12.4. The van der Waals surface area contributed by atoms with Gasteiger partial charge in [-0.3, -0.25) is 14.5 Å². The zero-order valence-electron chi connectivity index (χ0n) is 18.9. The third-order valence-electron chi connectivity index (χ3n) is 5.80. The van der Waals surface area contributed by atoms with Crippen LogP contribution in [0.25, 0.3) is 11.0 Å². The van der Waals surface area contributed by atoms with Crippen LogP contribution in [-0.2, 0) is 9.59 Å². The quantitative estimate of drug-likeness (QED) is 0.516. The Balaban J connectivity index is 1.46. The molecule has 0 saturated carbocycles. The van der Waals surface area contributed by atoms with Gasteiger partial charge in [-0.25, -0.2) is 4.79 Å². The number of methoxy groups -OCH3 is 1. The molecule has 3 N–H and O–H groups in total. The minimum absolute atomic E-state index is 0.0488. The maximum absolute atomic E-state index is 12.9. The topological polar surface area (TPSA) is 114 Å². The molecule has 1 unspecified atom stereocenters. The molecular weight excluding hydrogens is 424 g/mol. The highest BCUT2D eigenvalue weighted by Gasteiger charge is 2.34. The number of ether oxygens (including phenoxy) is 1. The number of hydrogen-bond acceptors (Lipinski definition) is 6. The predicted molar refractivity (Wildman–Crippen MR) is 127 cm³/mol. The third kappa shape index (κ3) is 5.01. The predicted octanol–water partition coefficient (Wildman–Crippen LogP) is 1.08. The molecule has 10 nitrogen and oxygen atoms in total. The molecule has 2 amide bonds. The van der Waals surface area contributed by atoms with Crippen LogP contribution in [-0.4, -0.2) is 85.0 Å². The van der Waals surface area contributed by atoms with E-state index in [1.54, 1.807) is 44.3 Å². The van der Waals surface area contributed by atoms with Crippen molar-refractivity contribution >= 4 is 34.2 Å². The van der Waals surface area contributed by atoms with Gasteiger partial charge < -0.3 is 29.8 Å². The molecule has 2 heterocycles. The molecule has 2 aromatic carbocycles. The van der Waals surface area contributed by atoms with Crippen molar-refractivity contribution in [1.82, 2.24) is 19.8 Å².